The Balaban J connectivity index is 3.35. The van der Waals surface area contributed by atoms with Crippen molar-refractivity contribution >= 4 is 16.9 Å². The van der Waals surface area contributed by atoms with Crippen molar-refractivity contribution in [2.45, 2.75) is 59.3 Å². The average molecular weight is 215 g/mol. The number of rotatable bonds is 8. The maximum absolute atomic E-state index is 11.3. The maximum Gasteiger partial charge on any atom is 0.189 e. The zero-order chi connectivity index (χ0) is 10.8. The minimum Gasteiger partial charge on any atom is -0.287 e. The van der Waals surface area contributed by atoms with Gasteiger partial charge in [0.25, 0.3) is 0 Å². The zero-order valence-electron chi connectivity index (χ0n) is 9.71. The maximum atomic E-state index is 11.3. The summed E-state index contributed by atoms with van der Waals surface area (Å²) in [5.74, 6) is 2.43. The van der Waals surface area contributed by atoms with E-state index in [2.05, 4.69) is 13.8 Å². The van der Waals surface area contributed by atoms with Crippen molar-refractivity contribution < 1.29 is 4.79 Å². The van der Waals surface area contributed by atoms with E-state index in [-0.39, 0.29) is 0 Å². The van der Waals surface area contributed by atoms with E-state index in [4.69, 9.17) is 0 Å². The first-order chi connectivity index (χ1) is 6.70. The fraction of sp³-hybridized carbons (Fsp3) is 0.833. The predicted octanol–water partition coefficient (Wildman–Crippen LogP) is 4.42. The first-order valence-electron chi connectivity index (χ1n) is 5.68. The van der Waals surface area contributed by atoms with Crippen LogP contribution in [0.25, 0.3) is 0 Å². The van der Waals surface area contributed by atoms with E-state index in [1.54, 1.807) is 0 Å². The summed E-state index contributed by atoms with van der Waals surface area (Å²) in [4.78, 5) is 11.3. The van der Waals surface area contributed by atoms with Crippen LogP contribution < -0.4 is 0 Å². The monoisotopic (exact) mass is 215 g/mol. The Bertz CT molecular complexity index is 145. The van der Waals surface area contributed by atoms with Gasteiger partial charge >= 0.3 is 0 Å². The molecule has 0 bridgehead atoms. The van der Waals surface area contributed by atoms with E-state index < -0.39 is 0 Å². The molecule has 0 aliphatic carbocycles. The summed E-state index contributed by atoms with van der Waals surface area (Å²) < 4.78 is 0. The Morgan fingerprint density at radius 3 is 2.64 bits per heavy atom. The van der Waals surface area contributed by atoms with Crippen molar-refractivity contribution in [1.82, 2.24) is 0 Å². The summed E-state index contributed by atoms with van der Waals surface area (Å²) in [7, 11) is 0. The molecule has 0 aliphatic heterocycles. The predicted molar refractivity (Wildman–Crippen MR) is 65.1 cm³/mol. The van der Waals surface area contributed by atoms with Crippen LogP contribution in [0.4, 0.5) is 0 Å². The summed E-state index contributed by atoms with van der Waals surface area (Å²) in [6.45, 7) is 6.31. The fourth-order valence-electron chi connectivity index (χ4n) is 1.49. The van der Waals surface area contributed by atoms with Crippen molar-refractivity contribution in [3.63, 3.8) is 0 Å². The van der Waals surface area contributed by atoms with E-state index in [1.165, 1.54) is 43.9 Å². The van der Waals surface area contributed by atoms with Crippen LogP contribution in [-0.2, 0) is 4.79 Å². The van der Waals surface area contributed by atoms with Crippen LogP contribution in [0.15, 0.2) is 0 Å². The summed E-state index contributed by atoms with van der Waals surface area (Å²) in [6, 6.07) is 0. The van der Waals surface area contributed by atoms with Gasteiger partial charge in [0.2, 0.25) is 0 Å². The lowest BCUT2D eigenvalue weighted by molar-refractivity contribution is -0.111. The highest BCUT2D eigenvalue weighted by Crippen LogP contribution is 2.18. The number of hydrogen-bond acceptors (Lipinski definition) is 2. The number of carbonyl (C=O) groups is 1. The summed E-state index contributed by atoms with van der Waals surface area (Å²) in [5.41, 5.74) is 0. The number of unbranched alkanes of at least 4 members (excludes halogenated alkanes) is 3. The summed E-state index contributed by atoms with van der Waals surface area (Å²) in [5, 5.41) is 0.315. The SMILES string of the molecule is C[CH]SC(=O)CC(C)CCCCCC. The molecule has 1 unspecified atom stereocenters. The van der Waals surface area contributed by atoms with Crippen LogP contribution in [0.1, 0.15) is 59.3 Å². The van der Waals surface area contributed by atoms with Crippen LogP contribution in [0.5, 0.6) is 0 Å². The normalized spacial score (nSPS) is 12.8. The van der Waals surface area contributed by atoms with Gasteiger partial charge in [-0.25, -0.2) is 0 Å². The van der Waals surface area contributed by atoms with Crippen molar-refractivity contribution in [2.24, 2.45) is 5.92 Å². The molecule has 1 radical (unpaired) electrons. The first-order valence-corrected chi connectivity index (χ1v) is 6.56. The molecule has 0 amide bonds. The van der Waals surface area contributed by atoms with Gasteiger partial charge < -0.3 is 0 Å². The third kappa shape index (κ3) is 8.61. The number of thioether (sulfide) groups is 1. The Labute approximate surface area is 93.0 Å². The highest BCUT2D eigenvalue weighted by atomic mass is 32.2. The molecule has 1 nitrogen and oxygen atoms in total. The van der Waals surface area contributed by atoms with E-state index in [0.717, 1.165) is 6.42 Å². The van der Waals surface area contributed by atoms with E-state index in [1.807, 2.05) is 12.7 Å². The Kier molecular flexibility index (Phi) is 9.58. The second-order valence-electron chi connectivity index (χ2n) is 3.88. The third-order valence-corrected chi connectivity index (χ3v) is 2.98. The highest BCUT2D eigenvalue weighted by Gasteiger charge is 2.08. The minimum absolute atomic E-state index is 0.315. The van der Waals surface area contributed by atoms with Gasteiger partial charge in [-0.15, -0.1) is 0 Å². The van der Waals surface area contributed by atoms with Crippen molar-refractivity contribution in [3.8, 4) is 0 Å². The molecule has 2 heteroatoms. The van der Waals surface area contributed by atoms with Gasteiger partial charge in [-0.2, -0.15) is 0 Å². The summed E-state index contributed by atoms with van der Waals surface area (Å²) >= 11 is 1.34. The van der Waals surface area contributed by atoms with Gasteiger partial charge in [0.15, 0.2) is 5.12 Å². The lowest BCUT2D eigenvalue weighted by atomic mass is 10.0. The van der Waals surface area contributed by atoms with Crippen molar-refractivity contribution in [2.75, 3.05) is 0 Å². The molecule has 0 rings (SSSR count). The van der Waals surface area contributed by atoms with Crippen LogP contribution >= 0.6 is 11.8 Å². The van der Waals surface area contributed by atoms with E-state index in [9.17, 15) is 4.79 Å². The van der Waals surface area contributed by atoms with E-state index >= 15 is 0 Å². The Morgan fingerprint density at radius 1 is 1.36 bits per heavy atom. The fourth-order valence-corrected chi connectivity index (χ4v) is 2.13. The largest absolute Gasteiger partial charge is 0.287 e. The second-order valence-corrected chi connectivity index (χ2v) is 5.05. The molecule has 0 aromatic rings. The lowest BCUT2D eigenvalue weighted by Gasteiger charge is -2.09. The van der Waals surface area contributed by atoms with Crippen molar-refractivity contribution in [1.29, 1.82) is 0 Å². The van der Waals surface area contributed by atoms with Crippen LogP contribution in [-0.4, -0.2) is 5.12 Å². The van der Waals surface area contributed by atoms with Crippen molar-refractivity contribution in [3.05, 3.63) is 5.75 Å². The molecule has 0 fully saturated rings. The Hall–Kier alpha value is 0.0200. The molecule has 14 heavy (non-hydrogen) atoms. The highest BCUT2D eigenvalue weighted by molar-refractivity contribution is 8.15. The lowest BCUT2D eigenvalue weighted by Crippen LogP contribution is -2.01. The minimum atomic E-state index is 0.315. The molecule has 1 atom stereocenters. The molecule has 0 spiro atoms. The molecule has 0 heterocycles. The summed E-state index contributed by atoms with van der Waals surface area (Å²) in [6.07, 6.45) is 7.16. The standard InChI is InChI=1S/C12H23OS/c1-4-6-7-8-9-11(3)10-12(13)14-5-2/h5,11H,4,6-10H2,1-3H3. The van der Waals surface area contributed by atoms with Gasteiger partial charge in [-0.05, 0) is 5.92 Å². The molecule has 0 aromatic carbocycles. The molecule has 0 aliphatic rings. The topological polar surface area (TPSA) is 17.1 Å². The van der Waals surface area contributed by atoms with Gasteiger partial charge in [-0.3, -0.25) is 4.79 Å². The van der Waals surface area contributed by atoms with Gasteiger partial charge in [0, 0.05) is 12.2 Å². The third-order valence-electron chi connectivity index (χ3n) is 2.31. The van der Waals surface area contributed by atoms with Crippen LogP contribution in [0.2, 0.25) is 0 Å². The first kappa shape index (κ1) is 14.0. The zero-order valence-corrected chi connectivity index (χ0v) is 10.5. The quantitative estimate of drug-likeness (QED) is 0.557. The molecule has 0 N–H and O–H groups in total. The Morgan fingerprint density at radius 2 is 2.07 bits per heavy atom. The smallest absolute Gasteiger partial charge is 0.189 e. The van der Waals surface area contributed by atoms with E-state index in [0.29, 0.717) is 11.0 Å². The molecular formula is C12H23OS. The van der Waals surface area contributed by atoms with Crippen LogP contribution in [0, 0.1) is 11.7 Å². The second kappa shape index (κ2) is 9.57. The van der Waals surface area contributed by atoms with Gasteiger partial charge in [0.1, 0.15) is 0 Å². The number of hydrogen-bond donors (Lipinski definition) is 0. The van der Waals surface area contributed by atoms with Crippen LogP contribution in [0.3, 0.4) is 0 Å². The van der Waals surface area contributed by atoms with Gasteiger partial charge in [-0.1, -0.05) is 64.6 Å². The average Bonchev–Trinajstić information content (AvgIpc) is 2.13. The number of carbonyl (C=O) groups excluding carboxylic acids is 1. The molecular weight excluding hydrogens is 192 g/mol. The molecule has 0 saturated heterocycles. The molecule has 83 valence electrons. The molecule has 0 saturated carbocycles. The van der Waals surface area contributed by atoms with Gasteiger partial charge in [0.05, 0.1) is 0 Å². The molecule has 0 aromatic heterocycles.